The molecule has 0 atom stereocenters. The summed E-state index contributed by atoms with van der Waals surface area (Å²) in [6, 6.07) is 4.96. The smallest absolute Gasteiger partial charge is 0.337 e. The number of carboxylic acids is 1. The van der Waals surface area contributed by atoms with Crippen LogP contribution in [0.5, 0.6) is 0 Å². The van der Waals surface area contributed by atoms with Crippen molar-refractivity contribution in [3.05, 3.63) is 23.8 Å². The Balaban J connectivity index is 2.20. The Labute approximate surface area is 127 Å². The molecule has 0 radical (unpaired) electrons. The summed E-state index contributed by atoms with van der Waals surface area (Å²) in [5.74, 6) is -0.944. The van der Waals surface area contributed by atoms with Crippen molar-refractivity contribution in [1.82, 2.24) is 0 Å². The van der Waals surface area contributed by atoms with Crippen LogP contribution in [0.15, 0.2) is 18.2 Å². The number of aromatic carboxylic acids is 1. The lowest BCUT2D eigenvalue weighted by molar-refractivity contribution is 0.0698. The van der Waals surface area contributed by atoms with Gasteiger partial charge in [0.25, 0.3) is 0 Å². The summed E-state index contributed by atoms with van der Waals surface area (Å²) in [5, 5.41) is 12.3. The molecule has 1 aromatic rings. The molecule has 0 amide bonds. The van der Waals surface area contributed by atoms with Gasteiger partial charge in [-0.15, -0.1) is 0 Å². The van der Waals surface area contributed by atoms with Crippen LogP contribution in [0.25, 0.3) is 0 Å². The van der Waals surface area contributed by atoms with E-state index in [1.807, 2.05) is 0 Å². The maximum Gasteiger partial charge on any atom is 0.337 e. The molecular weight excluding hydrogens is 264 g/mol. The minimum absolute atomic E-state index is 0.245. The molecular formula is C17H28N2O2. The number of hydrogen-bond acceptors (Lipinski definition) is 3. The van der Waals surface area contributed by atoms with Crippen LogP contribution in [0.1, 0.15) is 68.6 Å². The standard InChI is InChI=1S/C17H28N2O2/c1-2-3-4-5-6-7-8-9-12-19-16-11-10-14(18)13-15(16)17(20)21/h10-11,13,19H,2-9,12,18H2,1H3,(H,20,21). The van der Waals surface area contributed by atoms with Gasteiger partial charge in [0, 0.05) is 17.9 Å². The van der Waals surface area contributed by atoms with Crippen molar-refractivity contribution in [2.75, 3.05) is 17.6 Å². The second kappa shape index (κ2) is 10.1. The highest BCUT2D eigenvalue weighted by molar-refractivity contribution is 5.95. The van der Waals surface area contributed by atoms with Crippen LogP contribution in [0.2, 0.25) is 0 Å². The number of nitrogens with one attached hydrogen (secondary N) is 1. The minimum atomic E-state index is -0.944. The first kappa shape index (κ1) is 17.3. The molecule has 0 bridgehead atoms. The van der Waals surface area contributed by atoms with Gasteiger partial charge in [-0.25, -0.2) is 4.79 Å². The Hall–Kier alpha value is -1.71. The van der Waals surface area contributed by atoms with Gasteiger partial charge < -0.3 is 16.2 Å². The zero-order valence-electron chi connectivity index (χ0n) is 13.0. The first-order valence-corrected chi connectivity index (χ1v) is 8.02. The number of nitrogens with two attached hydrogens (primary N) is 1. The van der Waals surface area contributed by atoms with Crippen molar-refractivity contribution in [2.24, 2.45) is 0 Å². The number of hydrogen-bond donors (Lipinski definition) is 3. The van der Waals surface area contributed by atoms with Crippen molar-refractivity contribution >= 4 is 17.3 Å². The molecule has 0 heterocycles. The van der Waals surface area contributed by atoms with E-state index in [9.17, 15) is 4.79 Å². The molecule has 1 aromatic carbocycles. The molecule has 0 spiro atoms. The molecule has 0 unspecified atom stereocenters. The van der Waals surface area contributed by atoms with E-state index in [0.717, 1.165) is 13.0 Å². The summed E-state index contributed by atoms with van der Waals surface area (Å²) in [7, 11) is 0. The van der Waals surface area contributed by atoms with E-state index in [1.54, 1.807) is 12.1 Å². The van der Waals surface area contributed by atoms with Gasteiger partial charge in [-0.1, -0.05) is 51.9 Å². The lowest BCUT2D eigenvalue weighted by Gasteiger charge is -2.10. The Morgan fingerprint density at radius 2 is 1.71 bits per heavy atom. The Kier molecular flexibility index (Phi) is 8.32. The van der Waals surface area contributed by atoms with Crippen molar-refractivity contribution in [2.45, 2.75) is 58.3 Å². The molecule has 0 fully saturated rings. The van der Waals surface area contributed by atoms with E-state index in [-0.39, 0.29) is 5.56 Å². The normalized spacial score (nSPS) is 10.5. The van der Waals surface area contributed by atoms with Gasteiger partial charge in [-0.05, 0) is 24.6 Å². The summed E-state index contributed by atoms with van der Waals surface area (Å²) in [6.07, 6.45) is 10.1. The second-order valence-electron chi connectivity index (χ2n) is 5.51. The third-order valence-electron chi connectivity index (χ3n) is 3.62. The van der Waals surface area contributed by atoms with Crippen LogP contribution >= 0.6 is 0 Å². The molecule has 0 aromatic heterocycles. The molecule has 4 nitrogen and oxygen atoms in total. The van der Waals surface area contributed by atoms with Gasteiger partial charge in [0.1, 0.15) is 0 Å². The number of carboxylic acid groups (broad SMARTS) is 1. The van der Waals surface area contributed by atoms with E-state index >= 15 is 0 Å². The number of rotatable bonds is 11. The largest absolute Gasteiger partial charge is 0.478 e. The molecule has 0 aliphatic rings. The molecule has 0 aliphatic heterocycles. The van der Waals surface area contributed by atoms with E-state index in [1.165, 1.54) is 51.0 Å². The molecule has 21 heavy (non-hydrogen) atoms. The average Bonchev–Trinajstić information content (AvgIpc) is 2.46. The molecule has 1 rings (SSSR count). The summed E-state index contributed by atoms with van der Waals surface area (Å²) in [6.45, 7) is 3.04. The Morgan fingerprint density at radius 3 is 2.33 bits per heavy atom. The van der Waals surface area contributed by atoms with E-state index in [2.05, 4.69) is 12.2 Å². The molecule has 118 valence electrons. The summed E-state index contributed by atoms with van der Waals surface area (Å²) >= 11 is 0. The molecule has 0 aliphatic carbocycles. The minimum Gasteiger partial charge on any atom is -0.478 e. The van der Waals surface area contributed by atoms with Gasteiger partial charge in [-0.2, -0.15) is 0 Å². The van der Waals surface area contributed by atoms with Gasteiger partial charge >= 0.3 is 5.97 Å². The number of benzene rings is 1. The van der Waals surface area contributed by atoms with Gasteiger partial charge in [0.05, 0.1) is 5.56 Å². The zero-order valence-corrected chi connectivity index (χ0v) is 13.0. The fourth-order valence-electron chi connectivity index (χ4n) is 2.37. The van der Waals surface area contributed by atoms with Crippen LogP contribution in [0.3, 0.4) is 0 Å². The Morgan fingerprint density at radius 1 is 1.10 bits per heavy atom. The lowest BCUT2D eigenvalue weighted by Crippen LogP contribution is -2.08. The van der Waals surface area contributed by atoms with E-state index in [4.69, 9.17) is 10.8 Å². The van der Waals surface area contributed by atoms with Crippen LogP contribution in [0.4, 0.5) is 11.4 Å². The van der Waals surface area contributed by atoms with E-state index in [0.29, 0.717) is 11.4 Å². The first-order valence-electron chi connectivity index (χ1n) is 8.02. The quantitative estimate of drug-likeness (QED) is 0.414. The molecule has 4 heteroatoms. The third kappa shape index (κ3) is 7.02. The summed E-state index contributed by atoms with van der Waals surface area (Å²) in [5.41, 5.74) is 6.99. The monoisotopic (exact) mass is 292 g/mol. The van der Waals surface area contributed by atoms with Gasteiger partial charge in [-0.3, -0.25) is 0 Å². The molecule has 4 N–H and O–H groups in total. The maximum absolute atomic E-state index is 11.1. The SMILES string of the molecule is CCCCCCCCCCNc1ccc(N)cc1C(=O)O. The fourth-order valence-corrected chi connectivity index (χ4v) is 2.37. The predicted octanol–water partition coefficient (Wildman–Crippen LogP) is 4.52. The van der Waals surface area contributed by atoms with Crippen LogP contribution in [0, 0.1) is 0 Å². The number of carbonyl (C=O) groups is 1. The van der Waals surface area contributed by atoms with Crippen molar-refractivity contribution in [3.63, 3.8) is 0 Å². The highest BCUT2D eigenvalue weighted by Crippen LogP contribution is 2.19. The summed E-state index contributed by atoms with van der Waals surface area (Å²) in [4.78, 5) is 11.1. The first-order chi connectivity index (χ1) is 10.1. The van der Waals surface area contributed by atoms with E-state index < -0.39 is 5.97 Å². The average molecular weight is 292 g/mol. The van der Waals surface area contributed by atoms with Crippen molar-refractivity contribution in [1.29, 1.82) is 0 Å². The van der Waals surface area contributed by atoms with Crippen LogP contribution in [-0.2, 0) is 0 Å². The van der Waals surface area contributed by atoms with Gasteiger partial charge in [0.15, 0.2) is 0 Å². The zero-order chi connectivity index (χ0) is 15.5. The number of unbranched alkanes of at least 4 members (excludes halogenated alkanes) is 7. The fraction of sp³-hybridized carbons (Fsp3) is 0.588. The van der Waals surface area contributed by atoms with Crippen molar-refractivity contribution in [3.8, 4) is 0 Å². The number of nitrogen functional groups attached to an aromatic ring is 1. The predicted molar refractivity (Wildman–Crippen MR) is 88.9 cm³/mol. The van der Waals surface area contributed by atoms with Crippen LogP contribution < -0.4 is 11.1 Å². The van der Waals surface area contributed by atoms with Crippen molar-refractivity contribution < 1.29 is 9.90 Å². The maximum atomic E-state index is 11.1. The highest BCUT2D eigenvalue weighted by Gasteiger charge is 2.09. The van der Waals surface area contributed by atoms with Crippen LogP contribution in [-0.4, -0.2) is 17.6 Å². The summed E-state index contributed by atoms with van der Waals surface area (Å²) < 4.78 is 0. The number of anilines is 2. The topological polar surface area (TPSA) is 75.3 Å². The second-order valence-corrected chi connectivity index (χ2v) is 5.51. The third-order valence-corrected chi connectivity index (χ3v) is 3.62. The van der Waals surface area contributed by atoms with Gasteiger partial charge in [0.2, 0.25) is 0 Å². The Bertz CT molecular complexity index is 433. The highest BCUT2D eigenvalue weighted by atomic mass is 16.4. The molecule has 0 saturated heterocycles. The molecule has 0 saturated carbocycles. The lowest BCUT2D eigenvalue weighted by atomic mass is 10.1.